The molecule has 1 saturated carbocycles. The van der Waals surface area contributed by atoms with Crippen molar-refractivity contribution in [1.29, 1.82) is 0 Å². The largest absolute Gasteiger partial charge is 0.374 e. The van der Waals surface area contributed by atoms with Crippen molar-refractivity contribution in [2.75, 3.05) is 13.7 Å². The molecular weight excluding hydrogens is 326 g/mol. The van der Waals surface area contributed by atoms with Crippen LogP contribution in [0.15, 0.2) is 28.7 Å². The monoisotopic (exact) mass is 353 g/mol. The zero-order chi connectivity index (χ0) is 15.3. The number of hydrogen-bond donors (Lipinski definition) is 1. The molecule has 2 nitrogen and oxygen atoms in total. The van der Waals surface area contributed by atoms with Gasteiger partial charge in [-0.15, -0.1) is 0 Å². The summed E-state index contributed by atoms with van der Waals surface area (Å²) in [6.45, 7) is 5.27. The Labute approximate surface area is 137 Å². The van der Waals surface area contributed by atoms with Crippen LogP contribution in [0.4, 0.5) is 0 Å². The van der Waals surface area contributed by atoms with Crippen LogP contribution in [-0.2, 0) is 11.2 Å². The van der Waals surface area contributed by atoms with Crippen molar-refractivity contribution < 1.29 is 4.74 Å². The van der Waals surface area contributed by atoms with Crippen molar-refractivity contribution in [1.82, 2.24) is 5.32 Å². The molecule has 21 heavy (non-hydrogen) atoms. The fourth-order valence-corrected chi connectivity index (χ4v) is 4.26. The Morgan fingerprint density at radius 3 is 2.81 bits per heavy atom. The Hall–Kier alpha value is -0.380. The molecule has 0 amide bonds. The molecule has 3 atom stereocenters. The minimum Gasteiger partial charge on any atom is -0.374 e. The molecule has 1 fully saturated rings. The van der Waals surface area contributed by atoms with Gasteiger partial charge in [-0.3, -0.25) is 0 Å². The van der Waals surface area contributed by atoms with E-state index < -0.39 is 0 Å². The number of halogens is 1. The van der Waals surface area contributed by atoms with E-state index in [-0.39, 0.29) is 5.60 Å². The molecule has 0 spiro atoms. The Morgan fingerprint density at radius 2 is 2.19 bits per heavy atom. The van der Waals surface area contributed by atoms with Crippen molar-refractivity contribution in [2.24, 2.45) is 5.92 Å². The summed E-state index contributed by atoms with van der Waals surface area (Å²) in [5.74, 6) is 0.750. The number of ether oxygens (including phenoxy) is 1. The maximum Gasteiger partial charge on any atom is 0.0840 e. The Morgan fingerprint density at radius 1 is 1.43 bits per heavy atom. The second-order valence-electron chi connectivity index (χ2n) is 6.34. The molecule has 0 aromatic heterocycles. The molecule has 3 unspecified atom stereocenters. The number of nitrogens with one attached hydrogen (secondary N) is 1. The van der Waals surface area contributed by atoms with E-state index in [1.165, 1.54) is 29.3 Å². The number of rotatable bonds is 6. The topological polar surface area (TPSA) is 21.3 Å². The van der Waals surface area contributed by atoms with E-state index >= 15 is 0 Å². The minimum atomic E-state index is -0.0174. The zero-order valence-electron chi connectivity index (χ0n) is 13.5. The summed E-state index contributed by atoms with van der Waals surface area (Å²) in [6, 6.07) is 8.88. The predicted molar refractivity (Wildman–Crippen MR) is 92.7 cm³/mol. The minimum absolute atomic E-state index is 0.0174. The van der Waals surface area contributed by atoms with Gasteiger partial charge < -0.3 is 10.1 Å². The average molecular weight is 354 g/mol. The van der Waals surface area contributed by atoms with E-state index in [1.54, 1.807) is 0 Å². The maximum absolute atomic E-state index is 6.33. The van der Waals surface area contributed by atoms with Gasteiger partial charge >= 0.3 is 0 Å². The molecule has 118 valence electrons. The fourth-order valence-electron chi connectivity index (χ4n) is 3.81. The van der Waals surface area contributed by atoms with E-state index in [9.17, 15) is 0 Å². The SMILES string of the molecule is CCOC1(C(Cc2ccccc2Br)NC)CCCC(C)C1. The molecule has 2 rings (SSSR count). The molecule has 1 aliphatic carbocycles. The van der Waals surface area contributed by atoms with Gasteiger partial charge in [0.15, 0.2) is 0 Å². The van der Waals surface area contributed by atoms with Crippen molar-refractivity contribution in [3.05, 3.63) is 34.3 Å². The summed E-state index contributed by atoms with van der Waals surface area (Å²) in [7, 11) is 2.07. The van der Waals surface area contributed by atoms with E-state index in [0.29, 0.717) is 6.04 Å². The van der Waals surface area contributed by atoms with Crippen LogP contribution in [-0.4, -0.2) is 25.3 Å². The highest BCUT2D eigenvalue weighted by Crippen LogP contribution is 2.39. The standard InChI is InChI=1S/C18H28BrNO/c1-4-21-18(11-7-8-14(2)13-18)17(20-3)12-15-9-5-6-10-16(15)19/h5-6,9-10,14,17,20H,4,7-8,11-13H2,1-3H3. The van der Waals surface area contributed by atoms with Crippen LogP contribution < -0.4 is 5.32 Å². The molecule has 1 aromatic rings. The summed E-state index contributed by atoms with van der Waals surface area (Å²) < 4.78 is 7.52. The van der Waals surface area contributed by atoms with E-state index in [4.69, 9.17) is 4.74 Å². The number of hydrogen-bond acceptors (Lipinski definition) is 2. The summed E-state index contributed by atoms with van der Waals surface area (Å²) in [4.78, 5) is 0. The number of likely N-dealkylation sites (N-methyl/N-ethyl adjacent to an activating group) is 1. The van der Waals surface area contributed by atoms with Gasteiger partial charge in [0, 0.05) is 17.1 Å². The van der Waals surface area contributed by atoms with Gasteiger partial charge in [0.2, 0.25) is 0 Å². The third-order valence-electron chi connectivity index (χ3n) is 4.79. The molecule has 1 aromatic carbocycles. The lowest BCUT2D eigenvalue weighted by atomic mass is 9.73. The highest BCUT2D eigenvalue weighted by molar-refractivity contribution is 9.10. The molecule has 1 N–H and O–H groups in total. The predicted octanol–water partition coefficient (Wildman–Crippen LogP) is 4.57. The van der Waals surface area contributed by atoms with Gasteiger partial charge in [-0.05, 0) is 50.8 Å². The summed E-state index contributed by atoms with van der Waals surface area (Å²) in [5, 5.41) is 3.55. The maximum atomic E-state index is 6.33. The molecule has 0 bridgehead atoms. The van der Waals surface area contributed by atoms with E-state index in [1.807, 2.05) is 0 Å². The first-order valence-corrected chi connectivity index (χ1v) is 8.95. The van der Waals surface area contributed by atoms with E-state index in [0.717, 1.165) is 25.4 Å². The molecular formula is C18H28BrNO. The van der Waals surface area contributed by atoms with Gasteiger partial charge in [-0.1, -0.05) is 53.9 Å². The quantitative estimate of drug-likeness (QED) is 0.808. The lowest BCUT2D eigenvalue weighted by Gasteiger charge is -2.45. The third kappa shape index (κ3) is 4.08. The van der Waals surface area contributed by atoms with Crippen LogP contribution in [0, 0.1) is 5.92 Å². The summed E-state index contributed by atoms with van der Waals surface area (Å²) in [5.41, 5.74) is 1.34. The first kappa shape index (κ1) is 17.0. The third-order valence-corrected chi connectivity index (χ3v) is 5.56. The van der Waals surface area contributed by atoms with Gasteiger partial charge in [0.1, 0.15) is 0 Å². The van der Waals surface area contributed by atoms with Gasteiger partial charge in [0.05, 0.1) is 5.60 Å². The van der Waals surface area contributed by atoms with Crippen LogP contribution >= 0.6 is 15.9 Å². The Kier molecular flexibility index (Phi) is 6.27. The van der Waals surface area contributed by atoms with Gasteiger partial charge in [-0.2, -0.15) is 0 Å². The Bertz CT molecular complexity index is 447. The smallest absolute Gasteiger partial charge is 0.0840 e. The van der Waals surface area contributed by atoms with Crippen LogP contribution in [0.5, 0.6) is 0 Å². The highest BCUT2D eigenvalue weighted by atomic mass is 79.9. The van der Waals surface area contributed by atoms with Crippen LogP contribution in [0.2, 0.25) is 0 Å². The highest BCUT2D eigenvalue weighted by Gasteiger charge is 2.42. The Balaban J connectivity index is 2.21. The normalized spacial score (nSPS) is 27.5. The molecule has 3 heteroatoms. The zero-order valence-corrected chi connectivity index (χ0v) is 15.1. The lowest BCUT2D eigenvalue weighted by Crippen LogP contribution is -2.55. The van der Waals surface area contributed by atoms with Crippen molar-refractivity contribution in [3.8, 4) is 0 Å². The van der Waals surface area contributed by atoms with Gasteiger partial charge in [-0.25, -0.2) is 0 Å². The summed E-state index contributed by atoms with van der Waals surface area (Å²) >= 11 is 3.68. The van der Waals surface area contributed by atoms with E-state index in [2.05, 4.69) is 66.4 Å². The lowest BCUT2D eigenvalue weighted by molar-refractivity contribution is -0.0988. The number of benzene rings is 1. The second kappa shape index (κ2) is 7.75. The van der Waals surface area contributed by atoms with Crippen molar-refractivity contribution in [3.63, 3.8) is 0 Å². The molecule has 0 radical (unpaired) electrons. The fraction of sp³-hybridized carbons (Fsp3) is 0.667. The molecule has 0 heterocycles. The van der Waals surface area contributed by atoms with Crippen LogP contribution in [0.25, 0.3) is 0 Å². The van der Waals surface area contributed by atoms with Gasteiger partial charge in [0.25, 0.3) is 0 Å². The van der Waals surface area contributed by atoms with Crippen LogP contribution in [0.3, 0.4) is 0 Å². The van der Waals surface area contributed by atoms with Crippen molar-refractivity contribution in [2.45, 2.75) is 57.6 Å². The van der Waals surface area contributed by atoms with Crippen LogP contribution in [0.1, 0.15) is 45.1 Å². The second-order valence-corrected chi connectivity index (χ2v) is 7.19. The molecule has 0 saturated heterocycles. The summed E-state index contributed by atoms with van der Waals surface area (Å²) in [6.07, 6.45) is 5.94. The first-order chi connectivity index (χ1) is 10.1. The molecule has 1 aliphatic rings. The average Bonchev–Trinajstić information content (AvgIpc) is 2.46. The molecule has 0 aliphatic heterocycles. The first-order valence-electron chi connectivity index (χ1n) is 8.16. The van der Waals surface area contributed by atoms with Crippen molar-refractivity contribution >= 4 is 15.9 Å².